The standard InChI is InChI=1S/C16H22N2OS/c1-16(8-4-10-20-16)15(19)18-9-7-12-5-2-3-6-13(12)14(18)11-17/h2-3,5-6,14H,4,7-11,17H2,1H3. The van der Waals surface area contributed by atoms with Gasteiger partial charge in [-0.1, -0.05) is 24.3 Å². The zero-order valence-corrected chi connectivity index (χ0v) is 12.8. The van der Waals surface area contributed by atoms with Crippen molar-refractivity contribution in [2.75, 3.05) is 18.8 Å². The van der Waals surface area contributed by atoms with Crippen molar-refractivity contribution in [3.63, 3.8) is 0 Å². The number of fused-ring (bicyclic) bond motifs is 1. The van der Waals surface area contributed by atoms with Gasteiger partial charge in [-0.15, -0.1) is 11.8 Å². The molecule has 1 fully saturated rings. The third kappa shape index (κ3) is 2.25. The molecule has 0 aliphatic carbocycles. The van der Waals surface area contributed by atoms with Crippen LogP contribution in [0.2, 0.25) is 0 Å². The molecular formula is C16H22N2OS. The average molecular weight is 290 g/mol. The summed E-state index contributed by atoms with van der Waals surface area (Å²) in [4.78, 5) is 15.0. The maximum Gasteiger partial charge on any atom is 0.239 e. The topological polar surface area (TPSA) is 46.3 Å². The molecule has 108 valence electrons. The summed E-state index contributed by atoms with van der Waals surface area (Å²) in [6, 6.07) is 8.44. The fourth-order valence-corrected chi connectivity index (χ4v) is 4.67. The highest BCUT2D eigenvalue weighted by molar-refractivity contribution is 8.01. The van der Waals surface area contributed by atoms with Crippen LogP contribution >= 0.6 is 11.8 Å². The summed E-state index contributed by atoms with van der Waals surface area (Å²) in [5.74, 6) is 1.38. The molecular weight excluding hydrogens is 268 g/mol. The first-order chi connectivity index (χ1) is 9.65. The molecule has 1 saturated heterocycles. The quantitative estimate of drug-likeness (QED) is 0.909. The van der Waals surface area contributed by atoms with Crippen LogP contribution in [0.25, 0.3) is 0 Å². The molecule has 2 atom stereocenters. The largest absolute Gasteiger partial charge is 0.333 e. The minimum atomic E-state index is -0.236. The first-order valence-electron chi connectivity index (χ1n) is 7.38. The van der Waals surface area contributed by atoms with Crippen LogP contribution in [0.5, 0.6) is 0 Å². The van der Waals surface area contributed by atoms with Gasteiger partial charge in [0.2, 0.25) is 5.91 Å². The second-order valence-corrected chi connectivity index (χ2v) is 7.48. The molecule has 0 radical (unpaired) electrons. The van der Waals surface area contributed by atoms with Gasteiger partial charge in [0, 0.05) is 13.1 Å². The number of benzene rings is 1. The van der Waals surface area contributed by atoms with E-state index < -0.39 is 0 Å². The van der Waals surface area contributed by atoms with Crippen LogP contribution in [-0.2, 0) is 11.2 Å². The molecule has 2 N–H and O–H groups in total. The molecule has 4 heteroatoms. The number of hydrogen-bond donors (Lipinski definition) is 1. The molecule has 2 aliphatic rings. The zero-order valence-electron chi connectivity index (χ0n) is 12.0. The summed E-state index contributed by atoms with van der Waals surface area (Å²) in [5, 5.41) is 0. The second kappa shape index (κ2) is 5.41. The molecule has 2 aliphatic heterocycles. The Morgan fingerprint density at radius 1 is 1.50 bits per heavy atom. The van der Waals surface area contributed by atoms with E-state index in [1.165, 1.54) is 11.1 Å². The maximum absolute atomic E-state index is 13.0. The van der Waals surface area contributed by atoms with E-state index >= 15 is 0 Å². The summed E-state index contributed by atoms with van der Waals surface area (Å²) in [5.41, 5.74) is 8.57. The van der Waals surface area contributed by atoms with Gasteiger partial charge in [0.15, 0.2) is 0 Å². The summed E-state index contributed by atoms with van der Waals surface area (Å²) in [6.07, 6.45) is 3.08. The Kier molecular flexibility index (Phi) is 3.78. The number of nitrogens with two attached hydrogens (primary N) is 1. The SMILES string of the molecule is CC1(C(=O)N2CCc3ccccc3C2CN)CCCS1. The molecule has 3 rings (SSSR count). The minimum Gasteiger partial charge on any atom is -0.333 e. The predicted molar refractivity (Wildman–Crippen MR) is 83.8 cm³/mol. The molecule has 0 saturated carbocycles. The normalized spacial score (nSPS) is 29.3. The lowest BCUT2D eigenvalue weighted by molar-refractivity contribution is -0.136. The monoisotopic (exact) mass is 290 g/mol. The average Bonchev–Trinajstić information content (AvgIpc) is 2.93. The van der Waals surface area contributed by atoms with Crippen LogP contribution in [0.15, 0.2) is 24.3 Å². The molecule has 1 aromatic carbocycles. The molecule has 20 heavy (non-hydrogen) atoms. The van der Waals surface area contributed by atoms with Gasteiger partial charge >= 0.3 is 0 Å². The van der Waals surface area contributed by atoms with Gasteiger partial charge in [-0.2, -0.15) is 0 Å². The van der Waals surface area contributed by atoms with E-state index in [2.05, 4.69) is 25.1 Å². The van der Waals surface area contributed by atoms with Crippen LogP contribution in [0, 0.1) is 0 Å². The van der Waals surface area contributed by atoms with Crippen LogP contribution in [0.4, 0.5) is 0 Å². The van der Waals surface area contributed by atoms with Gasteiger partial charge in [0.25, 0.3) is 0 Å². The van der Waals surface area contributed by atoms with Crippen molar-refractivity contribution in [3.05, 3.63) is 35.4 Å². The number of hydrogen-bond acceptors (Lipinski definition) is 3. The van der Waals surface area contributed by atoms with Crippen LogP contribution in [0.3, 0.4) is 0 Å². The Morgan fingerprint density at radius 2 is 2.30 bits per heavy atom. The Morgan fingerprint density at radius 3 is 3.00 bits per heavy atom. The Balaban J connectivity index is 1.89. The van der Waals surface area contributed by atoms with Gasteiger partial charge in [-0.25, -0.2) is 0 Å². The highest BCUT2D eigenvalue weighted by Gasteiger charge is 2.43. The van der Waals surface area contributed by atoms with Crippen LogP contribution in [-0.4, -0.2) is 34.4 Å². The van der Waals surface area contributed by atoms with E-state index in [9.17, 15) is 4.79 Å². The second-order valence-electron chi connectivity index (χ2n) is 5.88. The number of amides is 1. The lowest BCUT2D eigenvalue weighted by Crippen LogP contribution is -2.50. The van der Waals surface area contributed by atoms with Crippen LogP contribution in [0.1, 0.15) is 36.9 Å². The third-order valence-electron chi connectivity index (χ3n) is 4.57. The first kappa shape index (κ1) is 14.0. The van der Waals surface area contributed by atoms with Crippen molar-refractivity contribution in [1.29, 1.82) is 0 Å². The van der Waals surface area contributed by atoms with E-state index in [-0.39, 0.29) is 16.7 Å². The smallest absolute Gasteiger partial charge is 0.239 e. The van der Waals surface area contributed by atoms with Gasteiger partial charge in [0.05, 0.1) is 10.8 Å². The summed E-state index contributed by atoms with van der Waals surface area (Å²) in [6.45, 7) is 3.40. The molecule has 0 bridgehead atoms. The van der Waals surface area contributed by atoms with E-state index in [1.54, 1.807) is 0 Å². The third-order valence-corrected chi connectivity index (χ3v) is 6.08. The van der Waals surface area contributed by atoms with Crippen molar-refractivity contribution < 1.29 is 4.79 Å². The maximum atomic E-state index is 13.0. The molecule has 0 spiro atoms. The van der Waals surface area contributed by atoms with Crippen molar-refractivity contribution in [3.8, 4) is 0 Å². The highest BCUT2D eigenvalue weighted by Crippen LogP contribution is 2.41. The van der Waals surface area contributed by atoms with E-state index in [0.29, 0.717) is 6.54 Å². The van der Waals surface area contributed by atoms with Gasteiger partial charge in [-0.3, -0.25) is 4.79 Å². The highest BCUT2D eigenvalue weighted by atomic mass is 32.2. The zero-order chi connectivity index (χ0) is 14.2. The lowest BCUT2D eigenvalue weighted by Gasteiger charge is -2.40. The van der Waals surface area contributed by atoms with Crippen molar-refractivity contribution in [1.82, 2.24) is 4.90 Å². The Hall–Kier alpha value is -1.00. The van der Waals surface area contributed by atoms with E-state index in [4.69, 9.17) is 5.73 Å². The van der Waals surface area contributed by atoms with Gasteiger partial charge in [-0.05, 0) is 43.1 Å². The Labute approximate surface area is 124 Å². The number of rotatable bonds is 2. The first-order valence-corrected chi connectivity index (χ1v) is 8.37. The van der Waals surface area contributed by atoms with Crippen molar-refractivity contribution in [2.45, 2.75) is 37.0 Å². The van der Waals surface area contributed by atoms with E-state index in [1.807, 2.05) is 22.7 Å². The number of carbonyl (C=O) groups is 1. The van der Waals surface area contributed by atoms with Gasteiger partial charge < -0.3 is 10.6 Å². The summed E-state index contributed by atoms with van der Waals surface area (Å²) in [7, 11) is 0. The fraction of sp³-hybridized carbons (Fsp3) is 0.562. The molecule has 2 heterocycles. The predicted octanol–water partition coefficient (Wildman–Crippen LogP) is 2.36. The lowest BCUT2D eigenvalue weighted by atomic mass is 9.91. The molecule has 0 aromatic heterocycles. The minimum absolute atomic E-state index is 0.0467. The number of nitrogens with zero attached hydrogens (tertiary/aromatic N) is 1. The van der Waals surface area contributed by atoms with Crippen molar-refractivity contribution >= 4 is 17.7 Å². The molecule has 2 unspecified atom stereocenters. The number of thioether (sulfide) groups is 1. The summed E-state index contributed by atoms with van der Waals surface area (Å²) < 4.78 is -0.236. The van der Waals surface area contributed by atoms with E-state index in [0.717, 1.165) is 31.6 Å². The number of carbonyl (C=O) groups excluding carboxylic acids is 1. The fourth-order valence-electron chi connectivity index (χ4n) is 3.40. The molecule has 1 amide bonds. The van der Waals surface area contributed by atoms with Crippen molar-refractivity contribution in [2.24, 2.45) is 5.73 Å². The van der Waals surface area contributed by atoms with Gasteiger partial charge in [0.1, 0.15) is 0 Å². The molecule has 1 aromatic rings. The molecule has 3 nitrogen and oxygen atoms in total. The summed E-state index contributed by atoms with van der Waals surface area (Å²) >= 11 is 1.81. The Bertz CT molecular complexity index is 511. The van der Waals surface area contributed by atoms with Crippen LogP contribution < -0.4 is 5.73 Å².